The van der Waals surface area contributed by atoms with Gasteiger partial charge in [0.2, 0.25) is 0 Å². The van der Waals surface area contributed by atoms with Crippen LogP contribution in [0.1, 0.15) is 11.7 Å². The number of aromatic amines is 1. The molecule has 2 aromatic heterocycles. The zero-order chi connectivity index (χ0) is 12.6. The first-order chi connectivity index (χ1) is 8.02. The highest BCUT2D eigenvalue weighted by atomic mass is 35.5. The van der Waals surface area contributed by atoms with Crippen LogP contribution in [0.15, 0.2) is 18.5 Å². The van der Waals surface area contributed by atoms with Crippen LogP contribution in [0, 0.1) is 0 Å². The van der Waals surface area contributed by atoms with E-state index in [-0.39, 0.29) is 5.56 Å². The number of hydrogen-bond acceptors (Lipinski definition) is 4. The van der Waals surface area contributed by atoms with E-state index in [1.807, 2.05) is 0 Å². The molecule has 2 unspecified atom stereocenters. The SMILES string of the molecule is O=C(O)C(O)C(O)c1c[nH]c2nccc(Cl)c12. The van der Waals surface area contributed by atoms with Gasteiger partial charge in [-0.25, -0.2) is 9.78 Å². The summed E-state index contributed by atoms with van der Waals surface area (Å²) in [5, 5.41) is 28.4. The number of aliphatic hydroxyl groups excluding tert-OH is 2. The number of aromatic nitrogens is 2. The number of nitrogens with zero attached hydrogens (tertiary/aromatic N) is 1. The Hall–Kier alpha value is -1.63. The monoisotopic (exact) mass is 256 g/mol. The summed E-state index contributed by atoms with van der Waals surface area (Å²) < 4.78 is 0. The first kappa shape index (κ1) is 11.8. The molecule has 6 nitrogen and oxygen atoms in total. The molecule has 2 atom stereocenters. The lowest BCUT2D eigenvalue weighted by Crippen LogP contribution is -2.27. The standard InChI is InChI=1S/C10H9ClN2O4/c11-5-1-2-12-9-6(5)4(3-13-9)7(14)8(15)10(16)17/h1-3,7-8,14-15H,(H,12,13)(H,16,17). The Labute approximate surface area is 100 Å². The Morgan fingerprint density at radius 2 is 2.18 bits per heavy atom. The van der Waals surface area contributed by atoms with Crippen molar-refractivity contribution in [1.82, 2.24) is 9.97 Å². The molecule has 0 saturated heterocycles. The van der Waals surface area contributed by atoms with Gasteiger partial charge in [-0.3, -0.25) is 0 Å². The number of carboxylic acid groups (broad SMARTS) is 1. The summed E-state index contributed by atoms with van der Waals surface area (Å²) in [5.74, 6) is -1.51. The van der Waals surface area contributed by atoms with Crippen LogP contribution in [-0.4, -0.2) is 37.4 Å². The Morgan fingerprint density at radius 1 is 1.47 bits per heavy atom. The number of fused-ring (bicyclic) bond motifs is 1. The minimum atomic E-state index is -1.91. The maximum atomic E-state index is 10.6. The van der Waals surface area contributed by atoms with Gasteiger partial charge in [-0.15, -0.1) is 0 Å². The molecule has 0 amide bonds. The molecule has 2 heterocycles. The molecule has 0 aliphatic rings. The fourth-order valence-corrected chi connectivity index (χ4v) is 1.83. The Bertz CT molecular complexity index is 568. The fraction of sp³-hybridized carbons (Fsp3) is 0.200. The molecule has 2 rings (SSSR count). The highest BCUT2D eigenvalue weighted by Crippen LogP contribution is 2.30. The van der Waals surface area contributed by atoms with Gasteiger partial charge in [0.1, 0.15) is 11.8 Å². The third-order valence-electron chi connectivity index (χ3n) is 2.42. The van der Waals surface area contributed by atoms with Crippen LogP contribution in [0.25, 0.3) is 11.0 Å². The van der Waals surface area contributed by atoms with Crippen LogP contribution in [0.5, 0.6) is 0 Å². The molecule has 90 valence electrons. The number of halogens is 1. The number of aliphatic carboxylic acids is 1. The predicted octanol–water partition coefficient (Wildman–Crippen LogP) is 0.695. The number of aliphatic hydroxyl groups is 2. The number of pyridine rings is 1. The van der Waals surface area contributed by atoms with E-state index in [2.05, 4.69) is 9.97 Å². The number of nitrogens with one attached hydrogen (secondary N) is 1. The molecule has 2 aromatic rings. The van der Waals surface area contributed by atoms with Crippen LogP contribution in [0.3, 0.4) is 0 Å². The zero-order valence-electron chi connectivity index (χ0n) is 8.46. The molecule has 17 heavy (non-hydrogen) atoms. The van der Waals surface area contributed by atoms with Crippen LogP contribution in [-0.2, 0) is 4.79 Å². The van der Waals surface area contributed by atoms with E-state index in [1.54, 1.807) is 0 Å². The van der Waals surface area contributed by atoms with E-state index in [0.29, 0.717) is 16.1 Å². The first-order valence-corrected chi connectivity index (χ1v) is 5.10. The molecule has 0 aromatic carbocycles. The van der Waals surface area contributed by atoms with E-state index < -0.39 is 18.2 Å². The zero-order valence-corrected chi connectivity index (χ0v) is 9.22. The first-order valence-electron chi connectivity index (χ1n) is 4.72. The molecule has 0 aliphatic carbocycles. The van der Waals surface area contributed by atoms with E-state index >= 15 is 0 Å². The van der Waals surface area contributed by atoms with Gasteiger partial charge in [0.05, 0.1) is 5.02 Å². The van der Waals surface area contributed by atoms with Crippen LogP contribution in [0.2, 0.25) is 5.02 Å². The van der Waals surface area contributed by atoms with Gasteiger partial charge in [-0.1, -0.05) is 11.6 Å². The lowest BCUT2D eigenvalue weighted by molar-refractivity contribution is -0.153. The van der Waals surface area contributed by atoms with Crippen molar-refractivity contribution in [1.29, 1.82) is 0 Å². The molecule has 0 fully saturated rings. The molecule has 0 spiro atoms. The number of hydrogen-bond donors (Lipinski definition) is 4. The smallest absolute Gasteiger partial charge is 0.335 e. The van der Waals surface area contributed by atoms with Crippen LogP contribution < -0.4 is 0 Å². The Morgan fingerprint density at radius 3 is 2.82 bits per heavy atom. The van der Waals surface area contributed by atoms with Crippen molar-refractivity contribution in [3.63, 3.8) is 0 Å². The van der Waals surface area contributed by atoms with Gasteiger partial charge in [0, 0.05) is 23.3 Å². The molecule has 0 bridgehead atoms. The number of H-pyrrole nitrogens is 1. The number of carbonyl (C=O) groups is 1. The van der Waals surface area contributed by atoms with Crippen molar-refractivity contribution < 1.29 is 20.1 Å². The third kappa shape index (κ3) is 1.97. The van der Waals surface area contributed by atoms with E-state index in [0.717, 1.165) is 0 Å². The van der Waals surface area contributed by atoms with Crippen molar-refractivity contribution in [2.24, 2.45) is 0 Å². The van der Waals surface area contributed by atoms with Gasteiger partial charge < -0.3 is 20.3 Å². The molecule has 0 aliphatic heterocycles. The van der Waals surface area contributed by atoms with E-state index in [9.17, 15) is 15.0 Å². The van der Waals surface area contributed by atoms with Crippen molar-refractivity contribution in [2.45, 2.75) is 12.2 Å². The highest BCUT2D eigenvalue weighted by molar-refractivity contribution is 6.35. The molecular formula is C10H9ClN2O4. The topological polar surface area (TPSA) is 106 Å². The van der Waals surface area contributed by atoms with Gasteiger partial charge >= 0.3 is 5.97 Å². The predicted molar refractivity (Wildman–Crippen MR) is 59.7 cm³/mol. The third-order valence-corrected chi connectivity index (χ3v) is 2.74. The van der Waals surface area contributed by atoms with Gasteiger partial charge in [-0.2, -0.15) is 0 Å². The minimum absolute atomic E-state index is 0.202. The second-order valence-electron chi connectivity index (χ2n) is 3.49. The summed E-state index contributed by atoms with van der Waals surface area (Å²) in [7, 11) is 0. The van der Waals surface area contributed by atoms with Crippen molar-refractivity contribution in [3.8, 4) is 0 Å². The Balaban J connectivity index is 2.52. The second kappa shape index (κ2) is 4.33. The van der Waals surface area contributed by atoms with Gasteiger partial charge in [0.15, 0.2) is 6.10 Å². The van der Waals surface area contributed by atoms with Crippen LogP contribution in [0.4, 0.5) is 0 Å². The van der Waals surface area contributed by atoms with Crippen molar-refractivity contribution in [3.05, 3.63) is 29.0 Å². The van der Waals surface area contributed by atoms with Crippen LogP contribution >= 0.6 is 11.6 Å². The normalized spacial score (nSPS) is 14.8. The fourth-order valence-electron chi connectivity index (χ4n) is 1.58. The minimum Gasteiger partial charge on any atom is -0.479 e. The summed E-state index contributed by atoms with van der Waals surface area (Å²) in [4.78, 5) is 17.3. The van der Waals surface area contributed by atoms with E-state index in [1.165, 1.54) is 18.5 Å². The molecular weight excluding hydrogens is 248 g/mol. The molecule has 4 N–H and O–H groups in total. The highest BCUT2D eigenvalue weighted by Gasteiger charge is 2.28. The summed E-state index contributed by atoms with van der Waals surface area (Å²) >= 11 is 5.93. The maximum absolute atomic E-state index is 10.6. The molecule has 0 saturated carbocycles. The van der Waals surface area contributed by atoms with Gasteiger partial charge in [0.25, 0.3) is 0 Å². The van der Waals surface area contributed by atoms with Crippen molar-refractivity contribution >= 4 is 28.6 Å². The second-order valence-corrected chi connectivity index (χ2v) is 3.90. The van der Waals surface area contributed by atoms with E-state index in [4.69, 9.17) is 16.7 Å². The lowest BCUT2D eigenvalue weighted by Gasteiger charge is -2.13. The summed E-state index contributed by atoms with van der Waals surface area (Å²) in [5.41, 5.74) is 0.622. The molecule has 0 radical (unpaired) electrons. The number of rotatable bonds is 3. The summed E-state index contributed by atoms with van der Waals surface area (Å²) in [6.07, 6.45) is -0.626. The Kier molecular flexibility index (Phi) is 3.01. The summed E-state index contributed by atoms with van der Waals surface area (Å²) in [6, 6.07) is 1.51. The van der Waals surface area contributed by atoms with Crippen molar-refractivity contribution in [2.75, 3.05) is 0 Å². The van der Waals surface area contributed by atoms with Gasteiger partial charge in [-0.05, 0) is 6.07 Å². The quantitative estimate of drug-likeness (QED) is 0.647. The average Bonchev–Trinajstić information content (AvgIpc) is 2.72. The average molecular weight is 257 g/mol. The lowest BCUT2D eigenvalue weighted by atomic mass is 10.0. The molecule has 7 heteroatoms. The number of carboxylic acids is 1. The maximum Gasteiger partial charge on any atom is 0.335 e. The summed E-state index contributed by atoms with van der Waals surface area (Å²) in [6.45, 7) is 0. The largest absolute Gasteiger partial charge is 0.479 e.